The number of amides is 1. The zero-order valence-electron chi connectivity index (χ0n) is 21.0. The monoisotopic (exact) mass is 472 g/mol. The molecular weight excluding hydrogens is 434 g/mol. The number of halogens is 2. The van der Waals surface area contributed by atoms with Gasteiger partial charge in [-0.15, -0.1) is 0 Å². The molecule has 186 valence electrons. The van der Waals surface area contributed by atoms with Crippen molar-refractivity contribution in [2.24, 2.45) is 0 Å². The number of rotatable bonds is 3. The summed E-state index contributed by atoms with van der Waals surface area (Å²) in [6.07, 6.45) is 6.14. The summed E-state index contributed by atoms with van der Waals surface area (Å²) in [4.78, 5) is 16.2. The smallest absolute Gasteiger partial charge is 0.264 e. The van der Waals surface area contributed by atoms with Crippen LogP contribution < -0.4 is 4.90 Å². The predicted octanol–water partition coefficient (Wildman–Crippen LogP) is 6.65. The standard InChI is InChI=1S/C25H32F2N4O.C2H6/c1-16-13-18-7-6-11-30(23(18)14-20(16)24(26)27)25-21-15-29(17(2)32)12-10-22(21)31(28-25)19-8-4-3-5-9-19;1-2/h13-14,19,24H,3-12,15H2,1-2H3;1-2H3. The molecule has 0 atom stereocenters. The fourth-order valence-corrected chi connectivity index (χ4v) is 5.77. The Balaban J connectivity index is 0.00000133. The molecule has 3 heterocycles. The minimum atomic E-state index is -2.49. The van der Waals surface area contributed by atoms with Crippen LogP contribution in [0.4, 0.5) is 20.3 Å². The third kappa shape index (κ3) is 4.58. The maximum atomic E-state index is 13.7. The van der Waals surface area contributed by atoms with Crippen LogP contribution in [0.5, 0.6) is 0 Å². The van der Waals surface area contributed by atoms with Crippen LogP contribution in [0.25, 0.3) is 0 Å². The van der Waals surface area contributed by atoms with Crippen LogP contribution in [0.15, 0.2) is 12.1 Å². The third-order valence-electron chi connectivity index (χ3n) is 7.51. The normalized spacial score (nSPS) is 18.3. The number of fused-ring (bicyclic) bond motifs is 2. The van der Waals surface area contributed by atoms with E-state index in [1.165, 1.54) is 25.0 Å². The molecule has 0 radical (unpaired) electrons. The van der Waals surface area contributed by atoms with Gasteiger partial charge in [0, 0.05) is 48.9 Å². The highest BCUT2D eigenvalue weighted by molar-refractivity contribution is 5.75. The molecule has 2 aromatic rings. The number of hydrogen-bond acceptors (Lipinski definition) is 3. The van der Waals surface area contributed by atoms with Gasteiger partial charge in [-0.3, -0.25) is 9.48 Å². The first-order valence-corrected chi connectivity index (χ1v) is 13.0. The summed E-state index contributed by atoms with van der Waals surface area (Å²) in [5.74, 6) is 0.934. The molecule has 0 saturated heterocycles. The summed E-state index contributed by atoms with van der Waals surface area (Å²) in [5, 5.41) is 5.15. The molecule has 0 unspecified atom stereocenters. The molecule has 34 heavy (non-hydrogen) atoms. The molecule has 1 saturated carbocycles. The van der Waals surface area contributed by atoms with Gasteiger partial charge in [-0.05, 0) is 49.8 Å². The van der Waals surface area contributed by atoms with E-state index in [0.29, 0.717) is 24.7 Å². The first-order chi connectivity index (χ1) is 16.4. The van der Waals surface area contributed by atoms with Crippen molar-refractivity contribution < 1.29 is 13.6 Å². The van der Waals surface area contributed by atoms with Crippen molar-refractivity contribution in [1.29, 1.82) is 0 Å². The molecule has 7 heteroatoms. The Kier molecular flexibility index (Phi) is 7.58. The van der Waals surface area contributed by atoms with Crippen molar-refractivity contribution in [1.82, 2.24) is 14.7 Å². The van der Waals surface area contributed by atoms with Gasteiger partial charge in [0.15, 0.2) is 5.82 Å². The van der Waals surface area contributed by atoms with Gasteiger partial charge in [-0.2, -0.15) is 5.10 Å². The Labute approximate surface area is 202 Å². The highest BCUT2D eigenvalue weighted by Gasteiger charge is 2.33. The minimum absolute atomic E-state index is 0.0710. The number of nitrogens with zero attached hydrogens (tertiary/aromatic N) is 4. The number of aryl methyl sites for hydroxylation is 2. The maximum Gasteiger partial charge on any atom is 0.264 e. The molecule has 2 aliphatic heterocycles. The van der Waals surface area contributed by atoms with E-state index in [1.54, 1.807) is 19.9 Å². The zero-order valence-corrected chi connectivity index (χ0v) is 21.0. The number of hydrogen-bond donors (Lipinski definition) is 0. The molecule has 5 rings (SSSR count). The van der Waals surface area contributed by atoms with E-state index >= 15 is 0 Å². The third-order valence-corrected chi connectivity index (χ3v) is 7.51. The van der Waals surface area contributed by atoms with E-state index in [2.05, 4.69) is 9.58 Å². The van der Waals surface area contributed by atoms with E-state index in [-0.39, 0.29) is 11.5 Å². The van der Waals surface area contributed by atoms with E-state index in [4.69, 9.17) is 5.10 Å². The van der Waals surface area contributed by atoms with Gasteiger partial charge in [-0.25, -0.2) is 8.78 Å². The second-order valence-electron chi connectivity index (χ2n) is 9.57. The largest absolute Gasteiger partial charge is 0.338 e. The van der Waals surface area contributed by atoms with Crippen molar-refractivity contribution in [2.75, 3.05) is 18.0 Å². The van der Waals surface area contributed by atoms with Gasteiger partial charge < -0.3 is 9.80 Å². The number of carbonyl (C=O) groups is 1. The van der Waals surface area contributed by atoms with Gasteiger partial charge in [-0.1, -0.05) is 39.2 Å². The van der Waals surface area contributed by atoms with Crippen molar-refractivity contribution >= 4 is 17.4 Å². The van der Waals surface area contributed by atoms with E-state index in [9.17, 15) is 13.6 Å². The zero-order chi connectivity index (χ0) is 24.4. The Bertz CT molecular complexity index is 1030. The highest BCUT2D eigenvalue weighted by Crippen LogP contribution is 2.42. The fraction of sp³-hybridized carbons (Fsp3) is 0.630. The molecule has 1 fully saturated rings. The lowest BCUT2D eigenvalue weighted by molar-refractivity contribution is -0.129. The highest BCUT2D eigenvalue weighted by atomic mass is 19.3. The lowest BCUT2D eigenvalue weighted by Crippen LogP contribution is -2.35. The SMILES string of the molecule is CC.CC(=O)N1CCc2c(c(N3CCCc4cc(C)c(C(F)F)cc43)nn2C2CCCCC2)C1. The van der Waals surface area contributed by atoms with Crippen LogP contribution >= 0.6 is 0 Å². The minimum Gasteiger partial charge on any atom is -0.338 e. The number of anilines is 2. The molecule has 0 bridgehead atoms. The number of aromatic nitrogens is 2. The second kappa shape index (κ2) is 10.4. The summed E-state index contributed by atoms with van der Waals surface area (Å²) in [6, 6.07) is 4.00. The Hall–Kier alpha value is -2.44. The summed E-state index contributed by atoms with van der Waals surface area (Å²) >= 11 is 0. The Morgan fingerprint density at radius 3 is 2.47 bits per heavy atom. The van der Waals surface area contributed by atoms with Crippen LogP contribution in [0.1, 0.15) is 99.7 Å². The Morgan fingerprint density at radius 2 is 1.79 bits per heavy atom. The molecule has 3 aliphatic rings. The Morgan fingerprint density at radius 1 is 1.06 bits per heavy atom. The molecule has 0 spiro atoms. The first kappa shape index (κ1) is 24.7. The van der Waals surface area contributed by atoms with Crippen LogP contribution in [0, 0.1) is 6.92 Å². The second-order valence-corrected chi connectivity index (χ2v) is 9.57. The van der Waals surface area contributed by atoms with Crippen LogP contribution in [0.2, 0.25) is 0 Å². The lowest BCUT2D eigenvalue weighted by Gasteiger charge is -2.33. The van der Waals surface area contributed by atoms with Gasteiger partial charge in [0.25, 0.3) is 6.43 Å². The van der Waals surface area contributed by atoms with Crippen molar-refractivity contribution in [3.63, 3.8) is 0 Å². The maximum absolute atomic E-state index is 13.7. The molecule has 5 nitrogen and oxygen atoms in total. The molecule has 1 amide bonds. The van der Waals surface area contributed by atoms with Gasteiger partial charge >= 0.3 is 0 Å². The summed E-state index contributed by atoms with van der Waals surface area (Å²) in [5.41, 5.74) is 5.05. The van der Waals surface area contributed by atoms with Crippen LogP contribution in [-0.4, -0.2) is 33.7 Å². The van der Waals surface area contributed by atoms with Gasteiger partial charge in [0.05, 0.1) is 12.6 Å². The summed E-state index contributed by atoms with van der Waals surface area (Å²) < 4.78 is 29.6. The molecule has 0 N–H and O–H groups in total. The average Bonchev–Trinajstić information content (AvgIpc) is 3.23. The fourth-order valence-electron chi connectivity index (χ4n) is 5.77. The van der Waals surface area contributed by atoms with E-state index in [1.807, 2.05) is 24.8 Å². The van der Waals surface area contributed by atoms with Crippen molar-refractivity contribution in [3.05, 3.63) is 40.1 Å². The molecular formula is C27H38F2N4O. The molecule has 1 aliphatic carbocycles. The number of alkyl halides is 2. The van der Waals surface area contributed by atoms with Crippen molar-refractivity contribution in [2.45, 2.75) is 98.1 Å². The van der Waals surface area contributed by atoms with Gasteiger partial charge in [0.1, 0.15) is 0 Å². The number of carbonyl (C=O) groups excluding carboxylic acids is 1. The van der Waals surface area contributed by atoms with Crippen LogP contribution in [-0.2, 0) is 24.2 Å². The quantitative estimate of drug-likeness (QED) is 0.502. The summed E-state index contributed by atoms with van der Waals surface area (Å²) in [6.45, 7) is 9.40. The topological polar surface area (TPSA) is 41.4 Å². The van der Waals surface area contributed by atoms with Gasteiger partial charge in [0.2, 0.25) is 5.91 Å². The lowest BCUT2D eigenvalue weighted by atomic mass is 9.94. The first-order valence-electron chi connectivity index (χ1n) is 13.0. The summed E-state index contributed by atoms with van der Waals surface area (Å²) in [7, 11) is 0. The average molecular weight is 473 g/mol. The van der Waals surface area contributed by atoms with Crippen molar-refractivity contribution in [3.8, 4) is 0 Å². The van der Waals surface area contributed by atoms with E-state index in [0.717, 1.165) is 61.3 Å². The van der Waals surface area contributed by atoms with E-state index < -0.39 is 6.43 Å². The molecule has 1 aromatic heterocycles. The molecule has 1 aromatic carbocycles. The predicted molar refractivity (Wildman–Crippen MR) is 132 cm³/mol. The number of benzene rings is 1. The van der Waals surface area contributed by atoms with Crippen LogP contribution in [0.3, 0.4) is 0 Å².